The molecule has 0 bridgehead atoms. The Bertz CT molecular complexity index is 552. The molecular formula is C16H17NO2. The lowest BCUT2D eigenvalue weighted by Gasteiger charge is -2.14. The third-order valence-electron chi connectivity index (χ3n) is 2.95. The summed E-state index contributed by atoms with van der Waals surface area (Å²) in [7, 11) is 0. The minimum absolute atomic E-state index is 0.0222. The van der Waals surface area contributed by atoms with Gasteiger partial charge < -0.3 is 10.4 Å². The van der Waals surface area contributed by atoms with E-state index in [1.807, 2.05) is 43.3 Å². The molecule has 0 saturated carbocycles. The van der Waals surface area contributed by atoms with Gasteiger partial charge in [-0.25, -0.2) is 0 Å². The first-order valence-corrected chi connectivity index (χ1v) is 6.27. The van der Waals surface area contributed by atoms with Crippen molar-refractivity contribution in [2.45, 2.75) is 19.4 Å². The van der Waals surface area contributed by atoms with Gasteiger partial charge in [-0.3, -0.25) is 4.79 Å². The quantitative estimate of drug-likeness (QED) is 0.882. The highest BCUT2D eigenvalue weighted by Gasteiger charge is 2.09. The summed E-state index contributed by atoms with van der Waals surface area (Å²) in [5.41, 5.74) is 1.88. The summed E-state index contributed by atoms with van der Waals surface area (Å²) in [5, 5.41) is 12.3. The fourth-order valence-corrected chi connectivity index (χ4v) is 1.97. The van der Waals surface area contributed by atoms with Crippen LogP contribution in [0.1, 0.15) is 24.1 Å². The Morgan fingerprint density at radius 3 is 2.58 bits per heavy atom. The molecule has 0 aliphatic carbocycles. The fourth-order valence-electron chi connectivity index (χ4n) is 1.97. The second-order valence-corrected chi connectivity index (χ2v) is 4.55. The standard InChI is InChI=1S/C16H17NO2/c1-12(14-7-3-2-4-8-14)17-16(19)11-13-6-5-9-15(18)10-13/h2-10,12,18H,11H2,1H3,(H,17,19). The lowest BCUT2D eigenvalue weighted by Crippen LogP contribution is -2.28. The predicted octanol–water partition coefficient (Wildman–Crippen LogP) is 2.81. The molecule has 2 aromatic rings. The van der Waals surface area contributed by atoms with Gasteiger partial charge in [-0.2, -0.15) is 0 Å². The molecule has 0 heterocycles. The van der Waals surface area contributed by atoms with E-state index >= 15 is 0 Å². The van der Waals surface area contributed by atoms with Crippen LogP contribution in [0.5, 0.6) is 5.75 Å². The van der Waals surface area contributed by atoms with Crippen LogP contribution in [0.15, 0.2) is 54.6 Å². The summed E-state index contributed by atoms with van der Waals surface area (Å²) >= 11 is 0. The Kier molecular flexibility index (Phi) is 4.18. The Balaban J connectivity index is 1.95. The van der Waals surface area contributed by atoms with Gasteiger partial charge in [0.1, 0.15) is 5.75 Å². The Morgan fingerprint density at radius 2 is 1.89 bits per heavy atom. The second kappa shape index (κ2) is 6.05. The normalized spacial score (nSPS) is 11.8. The van der Waals surface area contributed by atoms with Crippen LogP contribution in [-0.4, -0.2) is 11.0 Å². The Morgan fingerprint density at radius 1 is 1.16 bits per heavy atom. The zero-order chi connectivity index (χ0) is 13.7. The molecule has 2 aromatic carbocycles. The molecule has 0 fully saturated rings. The third kappa shape index (κ3) is 3.85. The summed E-state index contributed by atoms with van der Waals surface area (Å²) in [4.78, 5) is 11.9. The highest BCUT2D eigenvalue weighted by atomic mass is 16.3. The molecule has 3 heteroatoms. The zero-order valence-electron chi connectivity index (χ0n) is 10.8. The van der Waals surface area contributed by atoms with E-state index in [4.69, 9.17) is 0 Å². The van der Waals surface area contributed by atoms with Crippen LogP contribution in [-0.2, 0) is 11.2 Å². The van der Waals surface area contributed by atoms with Crippen molar-refractivity contribution in [3.63, 3.8) is 0 Å². The summed E-state index contributed by atoms with van der Waals surface area (Å²) in [5.74, 6) is 0.128. The van der Waals surface area contributed by atoms with E-state index in [0.717, 1.165) is 11.1 Å². The van der Waals surface area contributed by atoms with E-state index in [9.17, 15) is 9.90 Å². The van der Waals surface area contributed by atoms with Gasteiger partial charge in [0.25, 0.3) is 0 Å². The molecule has 19 heavy (non-hydrogen) atoms. The molecule has 0 spiro atoms. The van der Waals surface area contributed by atoms with Crippen LogP contribution in [0.3, 0.4) is 0 Å². The number of phenols is 1. The largest absolute Gasteiger partial charge is 0.508 e. The number of hydrogen-bond acceptors (Lipinski definition) is 2. The summed E-state index contributed by atoms with van der Waals surface area (Å²) < 4.78 is 0. The minimum Gasteiger partial charge on any atom is -0.508 e. The molecule has 0 saturated heterocycles. The maximum atomic E-state index is 11.9. The van der Waals surface area contributed by atoms with E-state index in [1.165, 1.54) is 0 Å². The van der Waals surface area contributed by atoms with Gasteiger partial charge in [-0.1, -0.05) is 42.5 Å². The van der Waals surface area contributed by atoms with Crippen LogP contribution >= 0.6 is 0 Å². The molecule has 1 atom stereocenters. The molecule has 2 N–H and O–H groups in total. The lowest BCUT2D eigenvalue weighted by molar-refractivity contribution is -0.121. The molecule has 1 unspecified atom stereocenters. The first-order valence-electron chi connectivity index (χ1n) is 6.27. The molecule has 1 amide bonds. The van der Waals surface area contributed by atoms with Crippen LogP contribution in [0.4, 0.5) is 0 Å². The van der Waals surface area contributed by atoms with Crippen molar-refractivity contribution in [2.75, 3.05) is 0 Å². The predicted molar refractivity (Wildman–Crippen MR) is 74.8 cm³/mol. The van der Waals surface area contributed by atoms with Gasteiger partial charge in [-0.15, -0.1) is 0 Å². The van der Waals surface area contributed by atoms with Gasteiger partial charge in [0.15, 0.2) is 0 Å². The SMILES string of the molecule is CC(NC(=O)Cc1cccc(O)c1)c1ccccc1. The molecule has 0 radical (unpaired) electrons. The van der Waals surface area contributed by atoms with Crippen molar-refractivity contribution < 1.29 is 9.90 Å². The van der Waals surface area contributed by atoms with Crippen molar-refractivity contribution in [1.82, 2.24) is 5.32 Å². The minimum atomic E-state index is -0.0537. The van der Waals surface area contributed by atoms with Crippen molar-refractivity contribution in [2.24, 2.45) is 0 Å². The Labute approximate surface area is 112 Å². The number of carbonyl (C=O) groups excluding carboxylic acids is 1. The van der Waals surface area contributed by atoms with E-state index in [0.29, 0.717) is 0 Å². The highest BCUT2D eigenvalue weighted by Crippen LogP contribution is 2.13. The van der Waals surface area contributed by atoms with Crippen molar-refractivity contribution in [3.05, 3.63) is 65.7 Å². The van der Waals surface area contributed by atoms with Gasteiger partial charge in [0.2, 0.25) is 5.91 Å². The summed E-state index contributed by atoms with van der Waals surface area (Å²) in [6.45, 7) is 1.95. The molecular weight excluding hydrogens is 238 g/mol. The molecule has 3 nitrogen and oxygen atoms in total. The number of phenolic OH excluding ortho intramolecular Hbond substituents is 1. The van der Waals surface area contributed by atoms with E-state index in [2.05, 4.69) is 5.32 Å². The number of hydrogen-bond donors (Lipinski definition) is 2. The van der Waals surface area contributed by atoms with Crippen LogP contribution in [0.25, 0.3) is 0 Å². The van der Waals surface area contributed by atoms with Crippen molar-refractivity contribution in [3.8, 4) is 5.75 Å². The average molecular weight is 255 g/mol. The first-order chi connectivity index (χ1) is 9.15. The van der Waals surface area contributed by atoms with E-state index in [-0.39, 0.29) is 24.1 Å². The van der Waals surface area contributed by atoms with Gasteiger partial charge in [0.05, 0.1) is 12.5 Å². The Hall–Kier alpha value is -2.29. The first kappa shape index (κ1) is 13.1. The van der Waals surface area contributed by atoms with E-state index < -0.39 is 0 Å². The van der Waals surface area contributed by atoms with Crippen LogP contribution < -0.4 is 5.32 Å². The number of nitrogens with one attached hydrogen (secondary N) is 1. The number of rotatable bonds is 4. The average Bonchev–Trinajstić information content (AvgIpc) is 2.39. The number of benzene rings is 2. The number of amides is 1. The van der Waals surface area contributed by atoms with Crippen LogP contribution in [0.2, 0.25) is 0 Å². The third-order valence-corrected chi connectivity index (χ3v) is 2.95. The summed E-state index contributed by atoms with van der Waals surface area (Å²) in [6, 6.07) is 16.6. The fraction of sp³-hybridized carbons (Fsp3) is 0.188. The number of carbonyl (C=O) groups is 1. The van der Waals surface area contributed by atoms with Gasteiger partial charge in [-0.05, 0) is 30.2 Å². The monoisotopic (exact) mass is 255 g/mol. The van der Waals surface area contributed by atoms with Gasteiger partial charge >= 0.3 is 0 Å². The van der Waals surface area contributed by atoms with Gasteiger partial charge in [0, 0.05) is 0 Å². The van der Waals surface area contributed by atoms with Crippen LogP contribution in [0, 0.1) is 0 Å². The molecule has 0 aliphatic rings. The maximum Gasteiger partial charge on any atom is 0.224 e. The molecule has 0 aromatic heterocycles. The highest BCUT2D eigenvalue weighted by molar-refractivity contribution is 5.79. The van der Waals surface area contributed by atoms with E-state index in [1.54, 1.807) is 18.2 Å². The smallest absolute Gasteiger partial charge is 0.224 e. The van der Waals surface area contributed by atoms with Crippen molar-refractivity contribution >= 4 is 5.91 Å². The number of aromatic hydroxyl groups is 1. The topological polar surface area (TPSA) is 49.3 Å². The lowest BCUT2D eigenvalue weighted by atomic mass is 10.1. The second-order valence-electron chi connectivity index (χ2n) is 4.55. The molecule has 0 aliphatic heterocycles. The van der Waals surface area contributed by atoms with Crippen molar-refractivity contribution in [1.29, 1.82) is 0 Å². The zero-order valence-corrected chi connectivity index (χ0v) is 10.8. The summed E-state index contributed by atoms with van der Waals surface area (Å²) in [6.07, 6.45) is 0.269. The maximum absolute atomic E-state index is 11.9. The molecule has 98 valence electrons. The molecule has 2 rings (SSSR count).